The van der Waals surface area contributed by atoms with E-state index in [1.165, 1.54) is 29.0 Å². The van der Waals surface area contributed by atoms with Crippen molar-refractivity contribution in [3.63, 3.8) is 0 Å². The van der Waals surface area contributed by atoms with Crippen LogP contribution in [0.5, 0.6) is 0 Å². The number of imide groups is 1. The van der Waals surface area contributed by atoms with Crippen LogP contribution >= 0.6 is 0 Å². The molecule has 1 spiro atoms. The largest absolute Gasteiger partial charge is 0.327 e. The number of unbranched alkanes of at least 4 members (excludes halogenated alkanes) is 1. The van der Waals surface area contributed by atoms with E-state index < -0.39 is 5.54 Å². The number of carbonyl (C=O) groups is 2. The molecule has 1 aliphatic carbocycles. The van der Waals surface area contributed by atoms with Crippen molar-refractivity contribution in [3.05, 3.63) is 17.5 Å². The van der Waals surface area contributed by atoms with Crippen molar-refractivity contribution in [2.45, 2.75) is 63.5 Å². The first-order valence-electron chi connectivity index (χ1n) is 9.67. The lowest BCUT2D eigenvalue weighted by Crippen LogP contribution is -2.50. The molecule has 2 fully saturated rings. The first kappa shape index (κ1) is 18.9. The summed E-state index contributed by atoms with van der Waals surface area (Å²) in [4.78, 5) is 30.1. The van der Waals surface area contributed by atoms with Crippen LogP contribution in [0, 0.1) is 0 Å². The van der Waals surface area contributed by atoms with Crippen LogP contribution < -0.4 is 0 Å². The summed E-state index contributed by atoms with van der Waals surface area (Å²) >= 11 is 0. The summed E-state index contributed by atoms with van der Waals surface area (Å²) in [5, 5.41) is 7.49. The number of rotatable bonds is 6. The van der Waals surface area contributed by atoms with Gasteiger partial charge in [-0.25, -0.2) is 4.79 Å². The van der Waals surface area contributed by atoms with Crippen LogP contribution in [0.15, 0.2) is 6.20 Å². The van der Waals surface area contributed by atoms with E-state index in [4.69, 9.17) is 0 Å². The summed E-state index contributed by atoms with van der Waals surface area (Å²) in [5.41, 5.74) is 1.82. The van der Waals surface area contributed by atoms with Gasteiger partial charge in [0, 0.05) is 37.8 Å². The summed E-state index contributed by atoms with van der Waals surface area (Å²) < 4.78 is 0. The Morgan fingerprint density at radius 1 is 1.31 bits per heavy atom. The lowest BCUT2D eigenvalue weighted by Gasteiger charge is -2.39. The molecular weight excluding hydrogens is 330 g/mol. The topological polar surface area (TPSA) is 72.5 Å². The second-order valence-electron chi connectivity index (χ2n) is 7.91. The third-order valence-electron chi connectivity index (χ3n) is 6.22. The SMILES string of the molecule is CCCCN(C)Cc1cn[nH]c1C1CCC2(CC1)C(=O)N(C)C(=O)N2C. The third-order valence-corrected chi connectivity index (χ3v) is 6.22. The van der Waals surface area contributed by atoms with Crippen LogP contribution in [0.4, 0.5) is 4.79 Å². The predicted molar refractivity (Wildman–Crippen MR) is 99.7 cm³/mol. The summed E-state index contributed by atoms with van der Waals surface area (Å²) in [7, 11) is 5.49. The van der Waals surface area contributed by atoms with E-state index in [9.17, 15) is 9.59 Å². The number of hydrogen-bond donors (Lipinski definition) is 1. The van der Waals surface area contributed by atoms with Crippen molar-refractivity contribution in [1.29, 1.82) is 0 Å². The molecule has 2 aliphatic rings. The minimum Gasteiger partial charge on any atom is -0.313 e. The number of aromatic nitrogens is 2. The van der Waals surface area contributed by atoms with E-state index in [-0.39, 0.29) is 11.9 Å². The monoisotopic (exact) mass is 361 g/mol. The van der Waals surface area contributed by atoms with E-state index >= 15 is 0 Å². The van der Waals surface area contributed by atoms with Crippen molar-refractivity contribution in [1.82, 2.24) is 24.9 Å². The van der Waals surface area contributed by atoms with E-state index in [0.29, 0.717) is 18.8 Å². The Bertz CT molecular complexity index is 663. The van der Waals surface area contributed by atoms with Crippen molar-refractivity contribution < 1.29 is 9.59 Å². The maximum Gasteiger partial charge on any atom is 0.327 e. The fraction of sp³-hybridized carbons (Fsp3) is 0.737. The van der Waals surface area contributed by atoms with E-state index in [1.807, 2.05) is 6.20 Å². The van der Waals surface area contributed by atoms with Gasteiger partial charge in [0.05, 0.1) is 6.20 Å². The second kappa shape index (κ2) is 7.39. The Labute approximate surface area is 155 Å². The van der Waals surface area contributed by atoms with E-state index in [1.54, 1.807) is 19.0 Å². The minimum absolute atomic E-state index is 0.0485. The average Bonchev–Trinajstić information content (AvgIpc) is 3.16. The van der Waals surface area contributed by atoms with Gasteiger partial charge in [-0.3, -0.25) is 14.8 Å². The molecule has 144 valence electrons. The fourth-order valence-electron chi connectivity index (χ4n) is 4.48. The molecular formula is C19H31N5O2. The van der Waals surface area contributed by atoms with Gasteiger partial charge in [-0.15, -0.1) is 0 Å². The number of amides is 3. The van der Waals surface area contributed by atoms with Gasteiger partial charge in [-0.1, -0.05) is 13.3 Å². The molecule has 1 aromatic heterocycles. The lowest BCUT2D eigenvalue weighted by atomic mass is 9.74. The number of urea groups is 1. The number of nitrogens with zero attached hydrogens (tertiary/aromatic N) is 4. The van der Waals surface area contributed by atoms with Gasteiger partial charge < -0.3 is 9.80 Å². The number of likely N-dealkylation sites (N-methyl/N-ethyl adjacent to an activating group) is 2. The smallest absolute Gasteiger partial charge is 0.313 e. The molecule has 1 saturated carbocycles. The molecule has 0 atom stereocenters. The molecule has 7 heteroatoms. The van der Waals surface area contributed by atoms with Crippen LogP contribution in [-0.2, 0) is 11.3 Å². The zero-order valence-electron chi connectivity index (χ0n) is 16.4. The maximum absolute atomic E-state index is 12.6. The van der Waals surface area contributed by atoms with Crippen LogP contribution in [-0.4, -0.2) is 70.1 Å². The molecule has 7 nitrogen and oxygen atoms in total. The van der Waals surface area contributed by atoms with Gasteiger partial charge in [0.1, 0.15) is 5.54 Å². The number of H-pyrrole nitrogens is 1. The van der Waals surface area contributed by atoms with E-state index in [2.05, 4.69) is 29.1 Å². The van der Waals surface area contributed by atoms with Gasteiger partial charge >= 0.3 is 6.03 Å². The van der Waals surface area contributed by atoms with Crippen molar-refractivity contribution in [3.8, 4) is 0 Å². The summed E-state index contributed by atoms with van der Waals surface area (Å²) in [5.74, 6) is 0.326. The molecule has 26 heavy (non-hydrogen) atoms. The summed E-state index contributed by atoms with van der Waals surface area (Å²) in [6.07, 6.45) is 7.55. The highest BCUT2D eigenvalue weighted by molar-refractivity contribution is 6.06. The summed E-state index contributed by atoms with van der Waals surface area (Å²) in [6.45, 7) is 4.19. The molecule has 1 saturated heterocycles. The van der Waals surface area contributed by atoms with Crippen LogP contribution in [0.25, 0.3) is 0 Å². The maximum atomic E-state index is 12.6. The summed E-state index contributed by atoms with van der Waals surface area (Å²) in [6, 6.07) is -0.187. The first-order chi connectivity index (χ1) is 12.4. The second-order valence-corrected chi connectivity index (χ2v) is 7.91. The molecule has 3 rings (SSSR count). The Morgan fingerprint density at radius 2 is 2.00 bits per heavy atom. The zero-order chi connectivity index (χ0) is 18.9. The van der Waals surface area contributed by atoms with Crippen molar-refractivity contribution >= 4 is 11.9 Å². The third kappa shape index (κ3) is 3.13. The van der Waals surface area contributed by atoms with Gasteiger partial charge in [-0.05, 0) is 45.7 Å². The highest BCUT2D eigenvalue weighted by Crippen LogP contribution is 2.44. The normalized spacial score (nSPS) is 26.6. The fourth-order valence-corrected chi connectivity index (χ4v) is 4.48. The van der Waals surface area contributed by atoms with Crippen molar-refractivity contribution in [2.75, 3.05) is 27.7 Å². The number of nitrogens with one attached hydrogen (secondary N) is 1. The zero-order valence-corrected chi connectivity index (χ0v) is 16.4. The van der Waals surface area contributed by atoms with Crippen LogP contribution in [0.3, 0.4) is 0 Å². The molecule has 3 amide bonds. The lowest BCUT2D eigenvalue weighted by molar-refractivity contribution is -0.133. The number of carbonyl (C=O) groups excluding carboxylic acids is 2. The molecule has 0 bridgehead atoms. The van der Waals surface area contributed by atoms with Crippen LogP contribution in [0.2, 0.25) is 0 Å². The van der Waals surface area contributed by atoms with Gasteiger partial charge in [-0.2, -0.15) is 5.10 Å². The standard InChI is InChI=1S/C19H31N5O2/c1-5-6-11-22(2)13-15-12-20-21-16(15)14-7-9-19(10-8-14)17(25)23(3)18(26)24(19)4/h12,14H,5-11,13H2,1-4H3,(H,20,21). The molecule has 1 aliphatic heterocycles. The van der Waals surface area contributed by atoms with Crippen LogP contribution in [0.1, 0.15) is 62.6 Å². The quantitative estimate of drug-likeness (QED) is 0.791. The molecule has 1 N–H and O–H groups in total. The van der Waals surface area contributed by atoms with Gasteiger partial charge in [0.2, 0.25) is 0 Å². The Balaban J connectivity index is 1.67. The molecule has 1 aromatic rings. The van der Waals surface area contributed by atoms with Crippen molar-refractivity contribution in [2.24, 2.45) is 0 Å². The average molecular weight is 361 g/mol. The highest BCUT2D eigenvalue weighted by atomic mass is 16.2. The Kier molecular flexibility index (Phi) is 5.37. The van der Waals surface area contributed by atoms with Gasteiger partial charge in [0.15, 0.2) is 0 Å². The number of aromatic amines is 1. The Hall–Kier alpha value is -1.89. The van der Waals surface area contributed by atoms with E-state index in [0.717, 1.165) is 25.9 Å². The molecule has 0 radical (unpaired) electrons. The molecule has 0 aromatic carbocycles. The Morgan fingerprint density at radius 3 is 2.58 bits per heavy atom. The first-order valence-corrected chi connectivity index (χ1v) is 9.67. The molecule has 2 heterocycles. The number of hydrogen-bond acceptors (Lipinski definition) is 4. The minimum atomic E-state index is -0.638. The molecule has 0 unspecified atom stereocenters. The predicted octanol–water partition coefficient (Wildman–Crippen LogP) is 2.56. The highest BCUT2D eigenvalue weighted by Gasteiger charge is 2.55. The van der Waals surface area contributed by atoms with Gasteiger partial charge in [0.25, 0.3) is 5.91 Å².